The van der Waals surface area contributed by atoms with Crippen molar-refractivity contribution < 1.29 is 14.4 Å². The highest BCUT2D eigenvalue weighted by molar-refractivity contribution is 5.91. The average molecular weight is 711 g/mol. The van der Waals surface area contributed by atoms with Gasteiger partial charge >= 0.3 is 18.1 Å². The lowest BCUT2D eigenvalue weighted by molar-refractivity contribution is 0.124. The van der Waals surface area contributed by atoms with E-state index in [1.165, 1.54) is 5.56 Å². The van der Waals surface area contributed by atoms with Crippen molar-refractivity contribution in [2.45, 2.75) is 45.2 Å². The zero-order chi connectivity index (χ0) is 37.3. The molecule has 0 saturated heterocycles. The number of para-hydroxylation sites is 3. The fourth-order valence-electron chi connectivity index (χ4n) is 6.34. The van der Waals surface area contributed by atoms with Gasteiger partial charge in [0.05, 0.1) is 12.1 Å². The topological polar surface area (TPSA) is 106 Å². The van der Waals surface area contributed by atoms with Crippen LogP contribution in [0, 0.1) is 5.92 Å². The third kappa shape index (κ3) is 12.3. The smallest absolute Gasteiger partial charge is 0.322 e. The van der Waals surface area contributed by atoms with E-state index in [0.29, 0.717) is 30.0 Å². The zero-order valence-corrected chi connectivity index (χ0v) is 30.5. The summed E-state index contributed by atoms with van der Waals surface area (Å²) in [5.74, 6) is -0.0457. The monoisotopic (exact) mass is 710 g/mol. The Hall–Kier alpha value is -6.09. The molecule has 6 amide bonds. The summed E-state index contributed by atoms with van der Waals surface area (Å²) < 4.78 is 0. The molecule has 2 unspecified atom stereocenters. The number of hydrogen-bond donors (Lipinski definition) is 4. The third-order valence-electron chi connectivity index (χ3n) is 9.11. The molecule has 0 saturated carbocycles. The van der Waals surface area contributed by atoms with E-state index in [9.17, 15) is 14.4 Å². The number of hydrogen-bond acceptors (Lipinski definition) is 3. The Balaban J connectivity index is 1.47. The first-order valence-electron chi connectivity index (χ1n) is 18.3. The van der Waals surface area contributed by atoms with Crippen LogP contribution < -0.4 is 21.3 Å². The predicted octanol–water partition coefficient (Wildman–Crippen LogP) is 9.15. The van der Waals surface area contributed by atoms with Crippen molar-refractivity contribution in [3.8, 4) is 0 Å². The minimum absolute atomic E-state index is 0.0457. The molecule has 0 spiro atoms. The van der Waals surface area contributed by atoms with Gasteiger partial charge in [-0.1, -0.05) is 129 Å². The molecule has 0 aliphatic carbocycles. The molecule has 5 aromatic carbocycles. The number of carbonyl (C=O) groups excluding carboxylic acids is 3. The van der Waals surface area contributed by atoms with Gasteiger partial charge in [-0.25, -0.2) is 14.4 Å². The van der Waals surface area contributed by atoms with Gasteiger partial charge in [-0.3, -0.25) is 0 Å². The number of aryl methyl sites for hydroxylation is 1. The van der Waals surface area contributed by atoms with E-state index in [1.807, 2.05) is 158 Å². The Morgan fingerprint density at radius 3 is 1.47 bits per heavy atom. The van der Waals surface area contributed by atoms with Crippen LogP contribution in [0.15, 0.2) is 152 Å². The molecule has 0 bridgehead atoms. The molecule has 0 aliphatic heterocycles. The highest BCUT2D eigenvalue weighted by Crippen LogP contribution is 2.21. The van der Waals surface area contributed by atoms with E-state index in [1.54, 1.807) is 4.90 Å². The zero-order valence-electron chi connectivity index (χ0n) is 30.5. The maximum Gasteiger partial charge on any atom is 0.322 e. The van der Waals surface area contributed by atoms with Crippen molar-refractivity contribution >= 4 is 35.2 Å². The maximum atomic E-state index is 14.4. The molecule has 0 aromatic heterocycles. The second-order valence-corrected chi connectivity index (χ2v) is 13.4. The molecule has 274 valence electrons. The number of nitrogens with zero attached hydrogens (tertiary/aromatic N) is 2. The molecule has 0 heterocycles. The molecule has 9 nitrogen and oxygen atoms in total. The molecule has 5 aromatic rings. The first-order chi connectivity index (χ1) is 25.9. The number of benzene rings is 5. The standard InChI is InChI=1S/C44H50N6O3/c1-34(2)41(32-45-42(51)46-37-24-12-5-13-25-37)50(44(53)48-39-28-16-7-17-29-39)33-40(31-36-21-10-4-11-22-36)49(30-18-23-35-19-8-3-9-20-35)43(52)47-38-26-14-6-15-27-38/h3-17,19-22,24-29,34,40-41H,18,23,30-33H2,1-2H3,(H,47,52)(H,48,53)(H2,45,46,51). The summed E-state index contributed by atoms with van der Waals surface area (Å²) in [5.41, 5.74) is 4.25. The van der Waals surface area contributed by atoms with Crippen molar-refractivity contribution in [1.29, 1.82) is 0 Å². The van der Waals surface area contributed by atoms with Gasteiger partial charge < -0.3 is 31.1 Å². The van der Waals surface area contributed by atoms with Crippen LogP contribution in [0.3, 0.4) is 0 Å². The Morgan fingerprint density at radius 2 is 0.981 bits per heavy atom. The Bertz CT molecular complexity index is 1830. The first kappa shape index (κ1) is 38.1. The van der Waals surface area contributed by atoms with Crippen LogP contribution in [0.25, 0.3) is 0 Å². The molecule has 53 heavy (non-hydrogen) atoms. The minimum atomic E-state index is -0.419. The average Bonchev–Trinajstić information content (AvgIpc) is 3.17. The van der Waals surface area contributed by atoms with Crippen LogP contribution in [0.2, 0.25) is 0 Å². The Kier molecular flexibility index (Phi) is 14.5. The number of rotatable bonds is 16. The summed E-state index contributed by atoms with van der Waals surface area (Å²) in [5, 5.41) is 12.1. The molecular weight excluding hydrogens is 661 g/mol. The summed E-state index contributed by atoms with van der Waals surface area (Å²) in [4.78, 5) is 45.5. The van der Waals surface area contributed by atoms with Gasteiger partial charge in [-0.2, -0.15) is 0 Å². The van der Waals surface area contributed by atoms with Crippen molar-refractivity contribution in [3.63, 3.8) is 0 Å². The molecular formula is C44H50N6O3. The lowest BCUT2D eigenvalue weighted by Gasteiger charge is -2.40. The molecule has 0 fully saturated rings. The lowest BCUT2D eigenvalue weighted by Crippen LogP contribution is -2.57. The highest BCUT2D eigenvalue weighted by Gasteiger charge is 2.33. The number of urea groups is 3. The summed E-state index contributed by atoms with van der Waals surface area (Å²) in [7, 11) is 0. The van der Waals surface area contributed by atoms with Gasteiger partial charge in [0.2, 0.25) is 0 Å². The molecule has 9 heteroatoms. The predicted molar refractivity (Wildman–Crippen MR) is 215 cm³/mol. The number of carbonyl (C=O) groups is 3. The van der Waals surface area contributed by atoms with E-state index >= 15 is 0 Å². The molecule has 5 rings (SSSR count). The maximum absolute atomic E-state index is 14.4. The van der Waals surface area contributed by atoms with Gasteiger partial charge in [0.15, 0.2) is 0 Å². The number of nitrogens with one attached hydrogen (secondary N) is 4. The molecule has 2 atom stereocenters. The number of anilines is 3. The van der Waals surface area contributed by atoms with Crippen LogP contribution in [-0.4, -0.2) is 59.6 Å². The van der Waals surface area contributed by atoms with E-state index < -0.39 is 12.1 Å². The van der Waals surface area contributed by atoms with E-state index in [-0.39, 0.29) is 37.1 Å². The number of amides is 6. The van der Waals surface area contributed by atoms with E-state index in [2.05, 4.69) is 33.4 Å². The third-order valence-corrected chi connectivity index (χ3v) is 9.11. The van der Waals surface area contributed by atoms with Crippen LogP contribution in [0.5, 0.6) is 0 Å². The summed E-state index contributed by atoms with van der Waals surface area (Å²) in [6.07, 6.45) is 2.03. The minimum Gasteiger partial charge on any atom is -0.336 e. The van der Waals surface area contributed by atoms with Gasteiger partial charge in [-0.05, 0) is 72.7 Å². The van der Waals surface area contributed by atoms with Crippen molar-refractivity contribution in [3.05, 3.63) is 163 Å². The van der Waals surface area contributed by atoms with Crippen LogP contribution in [0.1, 0.15) is 31.4 Å². The highest BCUT2D eigenvalue weighted by atomic mass is 16.2. The lowest BCUT2D eigenvalue weighted by atomic mass is 9.99. The van der Waals surface area contributed by atoms with Crippen molar-refractivity contribution in [1.82, 2.24) is 15.1 Å². The van der Waals surface area contributed by atoms with Crippen molar-refractivity contribution in [2.24, 2.45) is 5.92 Å². The van der Waals surface area contributed by atoms with Crippen LogP contribution in [0.4, 0.5) is 31.4 Å². The first-order valence-corrected chi connectivity index (χ1v) is 18.3. The van der Waals surface area contributed by atoms with Crippen molar-refractivity contribution in [2.75, 3.05) is 35.6 Å². The van der Waals surface area contributed by atoms with Gasteiger partial charge in [0.25, 0.3) is 0 Å². The molecule has 4 N–H and O–H groups in total. The fourth-order valence-corrected chi connectivity index (χ4v) is 6.34. The van der Waals surface area contributed by atoms with Gasteiger partial charge in [0.1, 0.15) is 0 Å². The Labute approximate surface area is 313 Å². The van der Waals surface area contributed by atoms with Gasteiger partial charge in [0, 0.05) is 36.7 Å². The molecule has 0 aliphatic rings. The summed E-state index contributed by atoms with van der Waals surface area (Å²) in [6, 6.07) is 46.5. The van der Waals surface area contributed by atoms with Crippen LogP contribution in [-0.2, 0) is 12.8 Å². The summed E-state index contributed by atoms with van der Waals surface area (Å²) in [6.45, 7) is 4.95. The summed E-state index contributed by atoms with van der Waals surface area (Å²) >= 11 is 0. The fraction of sp³-hybridized carbons (Fsp3) is 0.250. The largest absolute Gasteiger partial charge is 0.336 e. The van der Waals surface area contributed by atoms with Gasteiger partial charge in [-0.15, -0.1) is 0 Å². The second kappa shape index (κ2) is 20.1. The Morgan fingerprint density at radius 1 is 0.547 bits per heavy atom. The molecule has 0 radical (unpaired) electrons. The SMILES string of the molecule is CC(C)C(CNC(=O)Nc1ccccc1)N(CC(Cc1ccccc1)N(CCCc1ccccc1)C(=O)Nc1ccccc1)C(=O)Nc1ccccc1. The van der Waals surface area contributed by atoms with E-state index in [4.69, 9.17) is 0 Å². The quantitative estimate of drug-likeness (QED) is 0.0821. The van der Waals surface area contributed by atoms with Crippen LogP contribution >= 0.6 is 0 Å². The second-order valence-electron chi connectivity index (χ2n) is 13.4. The normalized spacial score (nSPS) is 11.9. The van der Waals surface area contributed by atoms with E-state index in [0.717, 1.165) is 18.4 Å².